The van der Waals surface area contributed by atoms with Crippen LogP contribution in [0.1, 0.15) is 26.7 Å². The summed E-state index contributed by atoms with van der Waals surface area (Å²) >= 11 is 0. The lowest BCUT2D eigenvalue weighted by atomic mass is 10.1. The molecule has 104 valence electrons. The molecule has 1 heterocycles. The van der Waals surface area contributed by atoms with Gasteiger partial charge in [-0.05, 0) is 40.8 Å². The topological polar surface area (TPSA) is 26.8 Å². The predicted octanol–water partition coefficient (Wildman–Crippen LogP) is 0.879. The van der Waals surface area contributed by atoms with Crippen molar-refractivity contribution < 1.29 is 4.79 Å². The molecule has 18 heavy (non-hydrogen) atoms. The third-order valence-electron chi connectivity index (χ3n) is 4.15. The Morgan fingerprint density at radius 3 is 2.17 bits per heavy atom. The maximum Gasteiger partial charge on any atom is 0.225 e. The Hall–Kier alpha value is -0.610. The average molecular weight is 253 g/mol. The first-order valence-electron chi connectivity index (χ1n) is 7.18. The Balaban J connectivity index is 1.88. The molecule has 0 radical (unpaired) electrons. The van der Waals surface area contributed by atoms with Crippen LogP contribution in [0.3, 0.4) is 0 Å². The van der Waals surface area contributed by atoms with Crippen molar-refractivity contribution in [3.63, 3.8) is 0 Å². The molecule has 1 saturated carbocycles. The van der Waals surface area contributed by atoms with Crippen LogP contribution in [0.25, 0.3) is 0 Å². The first-order chi connectivity index (χ1) is 8.49. The number of hydrogen-bond donors (Lipinski definition) is 0. The van der Waals surface area contributed by atoms with E-state index in [1.54, 1.807) is 0 Å². The zero-order chi connectivity index (χ0) is 13.3. The minimum absolute atomic E-state index is 0.359. The van der Waals surface area contributed by atoms with Crippen LogP contribution < -0.4 is 0 Å². The molecule has 0 aromatic heterocycles. The second-order valence-electron chi connectivity index (χ2n) is 6.26. The van der Waals surface area contributed by atoms with Gasteiger partial charge in [-0.15, -0.1) is 0 Å². The average Bonchev–Trinajstić information content (AvgIpc) is 3.10. The first-order valence-corrected chi connectivity index (χ1v) is 7.18. The van der Waals surface area contributed by atoms with Gasteiger partial charge in [-0.1, -0.05) is 0 Å². The summed E-state index contributed by atoms with van der Waals surface area (Å²) in [6.07, 6.45) is 2.23. The van der Waals surface area contributed by atoms with Crippen molar-refractivity contribution in [2.45, 2.75) is 38.8 Å². The number of amides is 1. The van der Waals surface area contributed by atoms with Gasteiger partial charge >= 0.3 is 0 Å². The highest BCUT2D eigenvalue weighted by Crippen LogP contribution is 2.32. The molecule has 1 aliphatic carbocycles. The summed E-state index contributed by atoms with van der Waals surface area (Å²) in [5.74, 6) is 0.763. The summed E-state index contributed by atoms with van der Waals surface area (Å²) in [6, 6.07) is 0.966. The molecule has 0 aromatic carbocycles. The van der Waals surface area contributed by atoms with E-state index in [2.05, 4.69) is 42.6 Å². The van der Waals surface area contributed by atoms with Gasteiger partial charge in [-0.3, -0.25) is 9.69 Å². The second kappa shape index (κ2) is 5.57. The molecular formula is C14H27N3O. The first kappa shape index (κ1) is 13.8. The lowest BCUT2D eigenvalue weighted by molar-refractivity contribution is -0.137. The minimum Gasteiger partial charge on any atom is -0.339 e. The second-order valence-corrected chi connectivity index (χ2v) is 6.26. The van der Waals surface area contributed by atoms with Crippen LogP contribution in [-0.2, 0) is 4.79 Å². The zero-order valence-electron chi connectivity index (χ0n) is 12.2. The maximum absolute atomic E-state index is 12.1. The number of likely N-dealkylation sites (N-methyl/N-ethyl adjacent to an activating group) is 1. The molecule has 1 saturated heterocycles. The summed E-state index contributed by atoms with van der Waals surface area (Å²) in [7, 11) is 4.23. The van der Waals surface area contributed by atoms with Gasteiger partial charge in [0.15, 0.2) is 0 Å². The fourth-order valence-electron chi connectivity index (χ4n) is 2.88. The van der Waals surface area contributed by atoms with Crippen LogP contribution in [0, 0.1) is 5.92 Å². The summed E-state index contributed by atoms with van der Waals surface area (Å²) in [4.78, 5) is 19.0. The molecule has 4 nitrogen and oxygen atoms in total. The Kier molecular flexibility index (Phi) is 4.28. The van der Waals surface area contributed by atoms with Crippen molar-refractivity contribution in [2.75, 3.05) is 40.3 Å². The van der Waals surface area contributed by atoms with E-state index in [1.807, 2.05) is 0 Å². The smallest absolute Gasteiger partial charge is 0.225 e. The molecule has 2 unspecified atom stereocenters. The molecule has 2 atom stereocenters. The molecule has 0 aromatic rings. The summed E-state index contributed by atoms with van der Waals surface area (Å²) in [6.45, 7) is 8.50. The van der Waals surface area contributed by atoms with E-state index in [9.17, 15) is 4.79 Å². The van der Waals surface area contributed by atoms with Crippen LogP contribution in [0.4, 0.5) is 0 Å². The van der Waals surface area contributed by atoms with Crippen LogP contribution in [-0.4, -0.2) is 73.0 Å². The molecule has 1 amide bonds. The van der Waals surface area contributed by atoms with Crippen molar-refractivity contribution in [2.24, 2.45) is 5.92 Å². The largest absolute Gasteiger partial charge is 0.339 e. The van der Waals surface area contributed by atoms with Crippen molar-refractivity contribution in [3.8, 4) is 0 Å². The predicted molar refractivity (Wildman–Crippen MR) is 73.5 cm³/mol. The van der Waals surface area contributed by atoms with E-state index >= 15 is 0 Å². The van der Waals surface area contributed by atoms with Gasteiger partial charge in [0.05, 0.1) is 0 Å². The monoisotopic (exact) mass is 253 g/mol. The van der Waals surface area contributed by atoms with E-state index in [-0.39, 0.29) is 0 Å². The van der Waals surface area contributed by atoms with Crippen molar-refractivity contribution in [1.29, 1.82) is 0 Å². The normalized spacial score (nSPS) is 29.9. The zero-order valence-corrected chi connectivity index (χ0v) is 12.2. The Labute approximate surface area is 111 Å². The van der Waals surface area contributed by atoms with Gasteiger partial charge < -0.3 is 9.80 Å². The number of nitrogens with zero attached hydrogens (tertiary/aromatic N) is 3. The van der Waals surface area contributed by atoms with Crippen molar-refractivity contribution >= 4 is 5.91 Å². The number of rotatable bonds is 4. The fourth-order valence-corrected chi connectivity index (χ4v) is 2.88. The Morgan fingerprint density at radius 1 is 1.17 bits per heavy atom. The molecule has 0 N–H and O–H groups in total. The third kappa shape index (κ3) is 3.23. The van der Waals surface area contributed by atoms with E-state index in [0.29, 0.717) is 23.9 Å². The van der Waals surface area contributed by atoms with Gasteiger partial charge in [0, 0.05) is 44.2 Å². The molecule has 2 aliphatic rings. The van der Waals surface area contributed by atoms with E-state index in [4.69, 9.17) is 0 Å². The van der Waals surface area contributed by atoms with E-state index in [1.165, 1.54) is 0 Å². The van der Waals surface area contributed by atoms with E-state index in [0.717, 1.165) is 39.0 Å². The summed E-state index contributed by atoms with van der Waals surface area (Å²) in [5, 5.41) is 0. The fraction of sp³-hybridized carbons (Fsp3) is 0.929. The number of carbonyl (C=O) groups is 1. The summed E-state index contributed by atoms with van der Waals surface area (Å²) < 4.78 is 0. The van der Waals surface area contributed by atoms with Gasteiger partial charge in [-0.2, -0.15) is 0 Å². The highest BCUT2D eigenvalue weighted by atomic mass is 16.2. The quantitative estimate of drug-likeness (QED) is 0.744. The molecule has 0 spiro atoms. The molecular weight excluding hydrogens is 226 g/mol. The molecule has 4 heteroatoms. The van der Waals surface area contributed by atoms with Gasteiger partial charge in [0.2, 0.25) is 5.91 Å². The van der Waals surface area contributed by atoms with Gasteiger partial charge in [0.1, 0.15) is 0 Å². The lowest BCUT2D eigenvalue weighted by Gasteiger charge is -2.45. The molecule has 0 bridgehead atoms. The standard InChI is InChI=1S/C14H27N3O/c1-11-9-16(14(18)13-5-6-13)10-12(2)17(11)8-7-15(3)4/h11-13H,5-10H2,1-4H3. The van der Waals surface area contributed by atoms with Crippen molar-refractivity contribution in [3.05, 3.63) is 0 Å². The maximum atomic E-state index is 12.1. The molecule has 2 rings (SSSR count). The highest BCUT2D eigenvalue weighted by molar-refractivity contribution is 5.81. The number of carbonyl (C=O) groups excluding carboxylic acids is 1. The molecule has 2 fully saturated rings. The van der Waals surface area contributed by atoms with Crippen LogP contribution in [0.2, 0.25) is 0 Å². The third-order valence-corrected chi connectivity index (χ3v) is 4.15. The Morgan fingerprint density at radius 2 is 1.72 bits per heavy atom. The number of piperazine rings is 1. The van der Waals surface area contributed by atoms with Crippen molar-refractivity contribution in [1.82, 2.24) is 14.7 Å². The number of hydrogen-bond acceptors (Lipinski definition) is 3. The Bertz CT molecular complexity index is 289. The van der Waals surface area contributed by atoms with E-state index < -0.39 is 0 Å². The van der Waals surface area contributed by atoms with Crippen LogP contribution >= 0.6 is 0 Å². The minimum atomic E-state index is 0.359. The van der Waals surface area contributed by atoms with Crippen LogP contribution in [0.5, 0.6) is 0 Å². The van der Waals surface area contributed by atoms with Gasteiger partial charge in [-0.25, -0.2) is 0 Å². The van der Waals surface area contributed by atoms with Crippen LogP contribution in [0.15, 0.2) is 0 Å². The van der Waals surface area contributed by atoms with Gasteiger partial charge in [0.25, 0.3) is 0 Å². The SMILES string of the molecule is CC1CN(C(=O)C2CC2)CC(C)N1CCN(C)C. The summed E-state index contributed by atoms with van der Waals surface area (Å²) in [5.41, 5.74) is 0. The highest BCUT2D eigenvalue weighted by Gasteiger charge is 2.38. The lowest BCUT2D eigenvalue weighted by Crippen LogP contribution is -2.59. The molecule has 1 aliphatic heterocycles.